The summed E-state index contributed by atoms with van der Waals surface area (Å²) >= 11 is 0. The number of hydrogen-bond acceptors (Lipinski definition) is 3. The smallest absolute Gasteiger partial charge is 0.265 e. The Labute approximate surface area is 142 Å². The maximum atomic E-state index is 12.2. The van der Waals surface area contributed by atoms with E-state index in [2.05, 4.69) is 10.6 Å². The van der Waals surface area contributed by atoms with Crippen LogP contribution >= 0.6 is 0 Å². The Balaban J connectivity index is 1.97. The zero-order chi connectivity index (χ0) is 17.7. The maximum absolute atomic E-state index is 12.2. The topological polar surface area (TPSA) is 67.4 Å². The SMILES string of the molecule is CC(=O)Nc1ccc(NC(=O)C(C)Oc2cc(C)cc(C)c2)cc1. The van der Waals surface area contributed by atoms with Gasteiger partial charge in [0.05, 0.1) is 0 Å². The Hall–Kier alpha value is -2.82. The van der Waals surface area contributed by atoms with Crippen LogP contribution in [0.5, 0.6) is 5.75 Å². The maximum Gasteiger partial charge on any atom is 0.265 e. The number of aryl methyl sites for hydroxylation is 2. The van der Waals surface area contributed by atoms with E-state index in [1.54, 1.807) is 31.2 Å². The highest BCUT2D eigenvalue weighted by Crippen LogP contribution is 2.19. The van der Waals surface area contributed by atoms with Crippen LogP contribution in [0.15, 0.2) is 42.5 Å². The molecule has 1 atom stereocenters. The summed E-state index contributed by atoms with van der Waals surface area (Å²) in [4.78, 5) is 23.2. The predicted octanol–water partition coefficient (Wildman–Crippen LogP) is 3.67. The number of anilines is 2. The van der Waals surface area contributed by atoms with Crippen LogP contribution in [0.1, 0.15) is 25.0 Å². The van der Waals surface area contributed by atoms with Gasteiger partial charge in [0.1, 0.15) is 5.75 Å². The number of carbonyl (C=O) groups is 2. The summed E-state index contributed by atoms with van der Waals surface area (Å²) in [5.41, 5.74) is 3.50. The molecular formula is C19H22N2O3. The minimum Gasteiger partial charge on any atom is -0.481 e. The molecule has 5 heteroatoms. The number of hydrogen-bond donors (Lipinski definition) is 2. The Morgan fingerprint density at radius 2 is 1.42 bits per heavy atom. The summed E-state index contributed by atoms with van der Waals surface area (Å²) in [6.07, 6.45) is -0.624. The number of amides is 2. The van der Waals surface area contributed by atoms with Crippen molar-refractivity contribution in [3.63, 3.8) is 0 Å². The molecule has 0 aromatic heterocycles. The van der Waals surface area contributed by atoms with E-state index >= 15 is 0 Å². The van der Waals surface area contributed by atoms with E-state index in [4.69, 9.17) is 4.74 Å². The molecule has 0 aliphatic carbocycles. The highest BCUT2D eigenvalue weighted by Gasteiger charge is 2.15. The molecule has 0 saturated heterocycles. The second-order valence-corrected chi connectivity index (χ2v) is 5.83. The third kappa shape index (κ3) is 5.12. The lowest BCUT2D eigenvalue weighted by Crippen LogP contribution is -2.30. The van der Waals surface area contributed by atoms with Gasteiger partial charge in [0.15, 0.2) is 6.10 Å². The molecular weight excluding hydrogens is 304 g/mol. The third-order valence-electron chi connectivity index (χ3n) is 3.35. The van der Waals surface area contributed by atoms with Crippen molar-refractivity contribution < 1.29 is 14.3 Å². The standard InChI is InChI=1S/C19H22N2O3/c1-12-9-13(2)11-18(10-12)24-14(3)19(23)21-17-7-5-16(6-8-17)20-15(4)22/h5-11,14H,1-4H3,(H,20,22)(H,21,23). The Bertz CT molecular complexity index is 719. The average Bonchev–Trinajstić information content (AvgIpc) is 2.47. The van der Waals surface area contributed by atoms with Gasteiger partial charge in [-0.15, -0.1) is 0 Å². The largest absolute Gasteiger partial charge is 0.481 e. The van der Waals surface area contributed by atoms with E-state index in [0.29, 0.717) is 17.1 Å². The number of ether oxygens (including phenoxy) is 1. The lowest BCUT2D eigenvalue weighted by atomic mass is 10.1. The molecule has 2 aromatic carbocycles. The molecule has 2 N–H and O–H groups in total. The van der Waals surface area contributed by atoms with E-state index in [-0.39, 0.29) is 11.8 Å². The van der Waals surface area contributed by atoms with Gasteiger partial charge in [-0.2, -0.15) is 0 Å². The molecule has 126 valence electrons. The molecule has 0 spiro atoms. The minimum absolute atomic E-state index is 0.137. The van der Waals surface area contributed by atoms with Gasteiger partial charge in [-0.05, 0) is 68.3 Å². The lowest BCUT2D eigenvalue weighted by Gasteiger charge is -2.16. The summed E-state index contributed by atoms with van der Waals surface area (Å²) in [6.45, 7) is 7.13. The van der Waals surface area contributed by atoms with Crippen LogP contribution in [0.2, 0.25) is 0 Å². The van der Waals surface area contributed by atoms with Crippen molar-refractivity contribution in [1.82, 2.24) is 0 Å². The minimum atomic E-state index is -0.624. The first-order valence-corrected chi connectivity index (χ1v) is 7.77. The fourth-order valence-corrected chi connectivity index (χ4v) is 2.34. The van der Waals surface area contributed by atoms with Gasteiger partial charge >= 0.3 is 0 Å². The molecule has 1 unspecified atom stereocenters. The van der Waals surface area contributed by atoms with Crippen molar-refractivity contribution in [2.75, 3.05) is 10.6 Å². The first kappa shape index (κ1) is 17.5. The Morgan fingerprint density at radius 3 is 1.92 bits per heavy atom. The summed E-state index contributed by atoms with van der Waals surface area (Å²) in [5.74, 6) is 0.305. The molecule has 0 fully saturated rings. The zero-order valence-electron chi connectivity index (χ0n) is 14.3. The molecule has 5 nitrogen and oxygen atoms in total. The van der Waals surface area contributed by atoms with Crippen LogP contribution in [0.4, 0.5) is 11.4 Å². The molecule has 24 heavy (non-hydrogen) atoms. The van der Waals surface area contributed by atoms with Crippen molar-refractivity contribution >= 4 is 23.2 Å². The number of nitrogens with one attached hydrogen (secondary N) is 2. The van der Waals surface area contributed by atoms with E-state index in [1.165, 1.54) is 6.92 Å². The normalized spacial score (nSPS) is 11.5. The number of rotatable bonds is 5. The first-order valence-electron chi connectivity index (χ1n) is 7.77. The molecule has 0 saturated carbocycles. The van der Waals surface area contributed by atoms with E-state index in [0.717, 1.165) is 11.1 Å². The molecule has 2 aromatic rings. The second-order valence-electron chi connectivity index (χ2n) is 5.83. The summed E-state index contributed by atoms with van der Waals surface area (Å²) < 4.78 is 5.72. The fourth-order valence-electron chi connectivity index (χ4n) is 2.34. The van der Waals surface area contributed by atoms with E-state index in [1.807, 2.05) is 32.0 Å². The van der Waals surface area contributed by atoms with E-state index < -0.39 is 6.10 Å². The van der Waals surface area contributed by atoms with Crippen molar-refractivity contribution in [1.29, 1.82) is 0 Å². The van der Waals surface area contributed by atoms with Gasteiger partial charge in [0.25, 0.3) is 5.91 Å². The Morgan fingerprint density at radius 1 is 0.917 bits per heavy atom. The van der Waals surface area contributed by atoms with Gasteiger partial charge in [-0.1, -0.05) is 6.07 Å². The quantitative estimate of drug-likeness (QED) is 0.881. The van der Waals surface area contributed by atoms with Crippen molar-refractivity contribution in [2.24, 2.45) is 0 Å². The van der Waals surface area contributed by atoms with Gasteiger partial charge < -0.3 is 15.4 Å². The monoisotopic (exact) mass is 326 g/mol. The van der Waals surface area contributed by atoms with Crippen LogP contribution in [0.3, 0.4) is 0 Å². The molecule has 0 aliphatic heterocycles. The van der Waals surface area contributed by atoms with Crippen LogP contribution < -0.4 is 15.4 Å². The summed E-state index contributed by atoms with van der Waals surface area (Å²) in [5, 5.41) is 5.47. The van der Waals surface area contributed by atoms with Crippen molar-refractivity contribution in [3.8, 4) is 5.75 Å². The average molecular weight is 326 g/mol. The molecule has 0 radical (unpaired) electrons. The second kappa shape index (κ2) is 7.64. The van der Waals surface area contributed by atoms with Gasteiger partial charge in [0, 0.05) is 18.3 Å². The van der Waals surface area contributed by atoms with Crippen LogP contribution in [-0.2, 0) is 9.59 Å². The number of benzene rings is 2. The first-order chi connectivity index (χ1) is 11.3. The summed E-state index contributed by atoms with van der Waals surface area (Å²) in [7, 11) is 0. The van der Waals surface area contributed by atoms with Crippen molar-refractivity contribution in [3.05, 3.63) is 53.6 Å². The number of carbonyl (C=O) groups excluding carboxylic acids is 2. The predicted molar refractivity (Wildman–Crippen MR) is 95.4 cm³/mol. The van der Waals surface area contributed by atoms with Crippen LogP contribution in [0.25, 0.3) is 0 Å². The molecule has 0 heterocycles. The van der Waals surface area contributed by atoms with Crippen LogP contribution in [0, 0.1) is 13.8 Å². The fraction of sp³-hybridized carbons (Fsp3) is 0.263. The molecule has 2 amide bonds. The zero-order valence-corrected chi connectivity index (χ0v) is 14.3. The highest BCUT2D eigenvalue weighted by atomic mass is 16.5. The van der Waals surface area contributed by atoms with Crippen LogP contribution in [-0.4, -0.2) is 17.9 Å². The molecule has 0 bridgehead atoms. The van der Waals surface area contributed by atoms with E-state index in [9.17, 15) is 9.59 Å². The summed E-state index contributed by atoms with van der Waals surface area (Å²) in [6, 6.07) is 12.8. The van der Waals surface area contributed by atoms with Gasteiger partial charge in [-0.3, -0.25) is 9.59 Å². The lowest BCUT2D eigenvalue weighted by molar-refractivity contribution is -0.122. The third-order valence-corrected chi connectivity index (χ3v) is 3.35. The van der Waals surface area contributed by atoms with Crippen molar-refractivity contribution in [2.45, 2.75) is 33.8 Å². The van der Waals surface area contributed by atoms with Gasteiger partial charge in [0.2, 0.25) is 5.91 Å². The Kier molecular flexibility index (Phi) is 5.58. The molecule has 2 rings (SSSR count). The molecule has 0 aliphatic rings. The highest BCUT2D eigenvalue weighted by molar-refractivity contribution is 5.94. The van der Waals surface area contributed by atoms with Gasteiger partial charge in [-0.25, -0.2) is 0 Å².